The second kappa shape index (κ2) is 5.38. The number of carbonyl (C=O) groups excluding carboxylic acids is 2. The summed E-state index contributed by atoms with van der Waals surface area (Å²) in [5.41, 5.74) is 0.590. The van der Waals surface area contributed by atoms with Crippen LogP contribution in [0.5, 0.6) is 5.88 Å². The highest BCUT2D eigenvalue weighted by molar-refractivity contribution is 7.13. The minimum absolute atomic E-state index is 0.0758. The standard InChI is InChI=1S/C15H17N3O4S/c1-15(2,3)22-14(20)21-11-10-7-17(4)12(19)9-5-6-23-13(9)18(10)8-16-11/h5-6,8H,7H2,1-4H3. The van der Waals surface area contributed by atoms with E-state index in [1.165, 1.54) is 11.3 Å². The quantitative estimate of drug-likeness (QED) is 0.749. The van der Waals surface area contributed by atoms with E-state index >= 15 is 0 Å². The van der Waals surface area contributed by atoms with Crippen molar-refractivity contribution in [2.24, 2.45) is 0 Å². The Morgan fingerprint density at radius 2 is 2.13 bits per heavy atom. The number of aromatic nitrogens is 2. The molecule has 0 unspecified atom stereocenters. The van der Waals surface area contributed by atoms with Gasteiger partial charge in [-0.05, 0) is 32.2 Å². The summed E-state index contributed by atoms with van der Waals surface area (Å²) in [6.45, 7) is 5.56. The van der Waals surface area contributed by atoms with Crippen molar-refractivity contribution in [1.29, 1.82) is 0 Å². The zero-order valence-corrected chi connectivity index (χ0v) is 14.1. The number of rotatable bonds is 1. The van der Waals surface area contributed by atoms with Gasteiger partial charge in [-0.15, -0.1) is 11.3 Å². The highest BCUT2D eigenvalue weighted by Gasteiger charge is 2.29. The van der Waals surface area contributed by atoms with Gasteiger partial charge in [0, 0.05) is 7.05 Å². The molecule has 2 aromatic rings. The normalized spacial score (nSPS) is 14.1. The van der Waals surface area contributed by atoms with E-state index < -0.39 is 11.8 Å². The molecule has 0 aliphatic carbocycles. The SMILES string of the molecule is CN1Cc2c(OC(=O)OC(C)(C)C)ncn2-c2sccc2C1=O. The Bertz CT molecular complexity index is 772. The maximum atomic E-state index is 12.4. The second-order valence-electron chi connectivity index (χ2n) is 6.23. The van der Waals surface area contributed by atoms with Crippen LogP contribution in [0.1, 0.15) is 36.8 Å². The lowest BCUT2D eigenvalue weighted by atomic mass is 10.2. The van der Waals surface area contributed by atoms with Crippen molar-refractivity contribution < 1.29 is 19.1 Å². The highest BCUT2D eigenvalue weighted by atomic mass is 32.1. The molecule has 3 rings (SSSR count). The van der Waals surface area contributed by atoms with Gasteiger partial charge in [-0.3, -0.25) is 9.36 Å². The molecule has 3 heterocycles. The molecule has 0 spiro atoms. The van der Waals surface area contributed by atoms with Crippen molar-refractivity contribution in [3.05, 3.63) is 29.0 Å². The van der Waals surface area contributed by atoms with E-state index in [0.717, 1.165) is 5.00 Å². The number of nitrogens with zero attached hydrogens (tertiary/aromatic N) is 3. The zero-order chi connectivity index (χ0) is 16.8. The molecule has 2 aromatic heterocycles. The lowest BCUT2D eigenvalue weighted by molar-refractivity contribution is 0.0195. The van der Waals surface area contributed by atoms with Crippen molar-refractivity contribution >= 4 is 23.4 Å². The van der Waals surface area contributed by atoms with Gasteiger partial charge in [0.2, 0.25) is 5.88 Å². The van der Waals surface area contributed by atoms with Gasteiger partial charge in [0.25, 0.3) is 5.91 Å². The first-order valence-electron chi connectivity index (χ1n) is 7.06. The fourth-order valence-electron chi connectivity index (χ4n) is 2.26. The van der Waals surface area contributed by atoms with E-state index in [9.17, 15) is 9.59 Å². The molecule has 1 amide bonds. The Kier molecular flexibility index (Phi) is 3.63. The van der Waals surface area contributed by atoms with Crippen molar-refractivity contribution in [2.75, 3.05) is 7.05 Å². The molecule has 0 atom stereocenters. The third kappa shape index (κ3) is 2.94. The number of amides is 1. The monoisotopic (exact) mass is 335 g/mol. The van der Waals surface area contributed by atoms with Crippen LogP contribution >= 0.6 is 11.3 Å². The third-order valence-electron chi connectivity index (χ3n) is 3.23. The number of hydrogen-bond donors (Lipinski definition) is 0. The summed E-state index contributed by atoms with van der Waals surface area (Å²) >= 11 is 1.43. The largest absolute Gasteiger partial charge is 0.515 e. The minimum Gasteiger partial charge on any atom is -0.428 e. The Morgan fingerprint density at radius 1 is 1.39 bits per heavy atom. The van der Waals surface area contributed by atoms with Gasteiger partial charge >= 0.3 is 6.16 Å². The molecule has 0 saturated carbocycles. The van der Waals surface area contributed by atoms with Crippen molar-refractivity contribution in [3.8, 4) is 10.9 Å². The second-order valence-corrected chi connectivity index (χ2v) is 7.13. The summed E-state index contributed by atoms with van der Waals surface area (Å²) in [6.07, 6.45) is 0.736. The summed E-state index contributed by atoms with van der Waals surface area (Å²) in [5, 5.41) is 2.61. The van der Waals surface area contributed by atoms with Gasteiger partial charge in [0.1, 0.15) is 22.6 Å². The summed E-state index contributed by atoms with van der Waals surface area (Å²) < 4.78 is 12.2. The van der Waals surface area contributed by atoms with E-state index in [1.807, 2.05) is 5.38 Å². The van der Waals surface area contributed by atoms with Gasteiger partial charge in [-0.2, -0.15) is 0 Å². The molecule has 0 saturated heterocycles. The Morgan fingerprint density at radius 3 is 2.83 bits per heavy atom. The van der Waals surface area contributed by atoms with Crippen molar-refractivity contribution in [2.45, 2.75) is 32.9 Å². The van der Waals surface area contributed by atoms with Crippen LogP contribution in [0.4, 0.5) is 4.79 Å². The molecule has 0 aromatic carbocycles. The topological polar surface area (TPSA) is 73.7 Å². The average molecular weight is 335 g/mol. The molecule has 1 aliphatic rings. The summed E-state index contributed by atoms with van der Waals surface area (Å²) in [6, 6.07) is 1.78. The molecular formula is C15H17N3O4S. The van der Waals surface area contributed by atoms with Crippen LogP contribution in [0.25, 0.3) is 5.00 Å². The zero-order valence-electron chi connectivity index (χ0n) is 13.3. The minimum atomic E-state index is -0.816. The smallest absolute Gasteiger partial charge is 0.428 e. The fraction of sp³-hybridized carbons (Fsp3) is 0.400. The van der Waals surface area contributed by atoms with Crippen LogP contribution in [-0.2, 0) is 11.3 Å². The third-order valence-corrected chi connectivity index (χ3v) is 4.14. The van der Waals surface area contributed by atoms with Crippen LogP contribution in [0.3, 0.4) is 0 Å². The molecule has 0 bridgehead atoms. The average Bonchev–Trinajstić information content (AvgIpc) is 3.01. The molecule has 122 valence electrons. The number of carbonyl (C=O) groups is 2. The van der Waals surface area contributed by atoms with Gasteiger partial charge in [0.15, 0.2) is 0 Å². The number of thiophene rings is 1. The van der Waals surface area contributed by atoms with Gasteiger partial charge in [0.05, 0.1) is 12.1 Å². The Hall–Kier alpha value is -2.35. The highest BCUT2D eigenvalue weighted by Crippen LogP contribution is 2.32. The number of ether oxygens (including phenoxy) is 2. The van der Waals surface area contributed by atoms with Gasteiger partial charge in [-0.1, -0.05) is 0 Å². The molecule has 0 fully saturated rings. The van der Waals surface area contributed by atoms with Crippen LogP contribution in [0.15, 0.2) is 17.8 Å². The van der Waals surface area contributed by atoms with Crippen LogP contribution in [0, 0.1) is 0 Å². The van der Waals surface area contributed by atoms with Gasteiger partial charge < -0.3 is 14.4 Å². The lowest BCUT2D eigenvalue weighted by Crippen LogP contribution is -2.27. The summed E-state index contributed by atoms with van der Waals surface area (Å²) in [7, 11) is 1.70. The van der Waals surface area contributed by atoms with Crippen molar-refractivity contribution in [3.63, 3.8) is 0 Å². The van der Waals surface area contributed by atoms with Crippen LogP contribution in [-0.4, -0.2) is 39.2 Å². The predicted octanol–water partition coefficient (Wildman–Crippen LogP) is 2.83. The molecule has 7 nitrogen and oxygen atoms in total. The maximum Gasteiger partial charge on any atom is 0.515 e. The van der Waals surface area contributed by atoms with E-state index in [1.54, 1.807) is 49.7 Å². The number of fused-ring (bicyclic) bond motifs is 3. The van der Waals surface area contributed by atoms with E-state index in [-0.39, 0.29) is 11.8 Å². The predicted molar refractivity (Wildman–Crippen MR) is 84.1 cm³/mol. The molecule has 8 heteroatoms. The molecule has 0 N–H and O–H groups in total. The molecule has 0 radical (unpaired) electrons. The molecule has 1 aliphatic heterocycles. The first-order chi connectivity index (χ1) is 10.8. The Labute approximate surface area is 137 Å². The maximum absolute atomic E-state index is 12.4. The molecular weight excluding hydrogens is 318 g/mol. The van der Waals surface area contributed by atoms with Crippen LogP contribution in [0.2, 0.25) is 0 Å². The van der Waals surface area contributed by atoms with Crippen LogP contribution < -0.4 is 4.74 Å². The number of hydrogen-bond acceptors (Lipinski definition) is 6. The molecule has 23 heavy (non-hydrogen) atoms. The first kappa shape index (κ1) is 15.5. The lowest BCUT2D eigenvalue weighted by Gasteiger charge is -2.19. The first-order valence-corrected chi connectivity index (χ1v) is 7.94. The number of imidazole rings is 1. The fourth-order valence-corrected chi connectivity index (χ4v) is 3.15. The van der Waals surface area contributed by atoms with E-state index in [4.69, 9.17) is 9.47 Å². The summed E-state index contributed by atoms with van der Waals surface area (Å²) in [4.78, 5) is 29.9. The van der Waals surface area contributed by atoms with E-state index in [0.29, 0.717) is 17.8 Å². The van der Waals surface area contributed by atoms with E-state index in [2.05, 4.69) is 4.98 Å². The van der Waals surface area contributed by atoms with Crippen molar-refractivity contribution in [1.82, 2.24) is 14.5 Å². The van der Waals surface area contributed by atoms with Gasteiger partial charge in [-0.25, -0.2) is 9.78 Å². The summed E-state index contributed by atoms with van der Waals surface area (Å²) in [5.74, 6) is 0.0771. The Balaban J connectivity index is 1.95.